The Morgan fingerprint density at radius 2 is 1.70 bits per heavy atom. The summed E-state index contributed by atoms with van der Waals surface area (Å²) >= 11 is 13.6. The van der Waals surface area contributed by atoms with Crippen molar-refractivity contribution in [3.63, 3.8) is 0 Å². The van der Waals surface area contributed by atoms with E-state index in [4.69, 9.17) is 23.2 Å². The average molecular weight is 331 g/mol. The van der Waals surface area contributed by atoms with Crippen molar-refractivity contribution in [3.05, 3.63) is 60.8 Å². The van der Waals surface area contributed by atoms with Gasteiger partial charge in [-0.3, -0.25) is 13.9 Å². The molecule has 1 aromatic heterocycles. The first-order chi connectivity index (χ1) is 9.41. The van der Waals surface area contributed by atoms with Crippen molar-refractivity contribution in [2.75, 3.05) is 0 Å². The Balaban J connectivity index is 2.33. The standard InChI is InChI=1S/C13H12Cl2N2O2S/c1-16-8(6-11(18)17(2)13(16)19)7-20-12-9(14)4-3-5-10(12)15/h3-6H,7H2,1-2H3. The molecule has 2 aromatic rings. The third kappa shape index (κ3) is 2.95. The maximum absolute atomic E-state index is 11.8. The molecule has 0 unspecified atom stereocenters. The number of hydrogen-bond acceptors (Lipinski definition) is 3. The number of rotatable bonds is 3. The fourth-order valence-corrected chi connectivity index (χ4v) is 3.39. The number of halogens is 2. The van der Waals surface area contributed by atoms with Gasteiger partial charge in [0.2, 0.25) is 0 Å². The van der Waals surface area contributed by atoms with E-state index in [1.54, 1.807) is 25.2 Å². The van der Waals surface area contributed by atoms with Crippen molar-refractivity contribution in [1.29, 1.82) is 0 Å². The zero-order valence-corrected chi connectivity index (χ0v) is 13.2. The van der Waals surface area contributed by atoms with Crippen LogP contribution in [-0.4, -0.2) is 9.13 Å². The van der Waals surface area contributed by atoms with Gasteiger partial charge in [-0.2, -0.15) is 0 Å². The van der Waals surface area contributed by atoms with Gasteiger partial charge < -0.3 is 0 Å². The second-order valence-corrected chi connectivity index (χ2v) is 6.01. The Bertz CT molecular complexity index is 748. The number of hydrogen-bond donors (Lipinski definition) is 0. The molecule has 0 amide bonds. The number of nitrogens with zero attached hydrogens (tertiary/aromatic N) is 2. The molecule has 0 spiro atoms. The molecule has 0 aliphatic rings. The molecule has 20 heavy (non-hydrogen) atoms. The zero-order valence-electron chi connectivity index (χ0n) is 10.9. The first kappa shape index (κ1) is 15.2. The van der Waals surface area contributed by atoms with Gasteiger partial charge in [0.05, 0.1) is 10.0 Å². The lowest BCUT2D eigenvalue weighted by Gasteiger charge is -2.10. The fraction of sp³-hybridized carbons (Fsp3) is 0.231. The lowest BCUT2D eigenvalue weighted by Crippen LogP contribution is -2.37. The molecule has 7 heteroatoms. The highest BCUT2D eigenvalue weighted by atomic mass is 35.5. The highest BCUT2D eigenvalue weighted by Crippen LogP contribution is 2.35. The number of benzene rings is 1. The van der Waals surface area contributed by atoms with Crippen molar-refractivity contribution in [3.8, 4) is 0 Å². The number of aromatic nitrogens is 2. The summed E-state index contributed by atoms with van der Waals surface area (Å²) in [5.74, 6) is 0.436. The molecule has 0 aliphatic carbocycles. The second-order valence-electron chi connectivity index (χ2n) is 4.21. The van der Waals surface area contributed by atoms with Crippen molar-refractivity contribution in [1.82, 2.24) is 9.13 Å². The predicted molar refractivity (Wildman–Crippen MR) is 82.9 cm³/mol. The summed E-state index contributed by atoms with van der Waals surface area (Å²) in [5.41, 5.74) is -0.0496. The van der Waals surface area contributed by atoms with Gasteiger partial charge in [-0.05, 0) is 12.1 Å². The van der Waals surface area contributed by atoms with Crippen molar-refractivity contribution in [2.24, 2.45) is 14.1 Å². The van der Waals surface area contributed by atoms with Crippen LogP contribution in [0, 0.1) is 0 Å². The van der Waals surface area contributed by atoms with E-state index in [-0.39, 0.29) is 11.2 Å². The topological polar surface area (TPSA) is 44.0 Å². The minimum absolute atomic E-state index is 0.325. The van der Waals surface area contributed by atoms with Crippen molar-refractivity contribution < 1.29 is 0 Å². The lowest BCUT2D eigenvalue weighted by molar-refractivity contribution is 0.665. The van der Waals surface area contributed by atoms with E-state index in [0.29, 0.717) is 21.5 Å². The van der Waals surface area contributed by atoms with E-state index in [1.165, 1.54) is 29.4 Å². The Hall–Kier alpha value is -1.17. The molecule has 0 fully saturated rings. The zero-order chi connectivity index (χ0) is 14.9. The van der Waals surface area contributed by atoms with E-state index >= 15 is 0 Å². The Morgan fingerprint density at radius 1 is 1.10 bits per heavy atom. The molecule has 0 aliphatic heterocycles. The summed E-state index contributed by atoms with van der Waals surface area (Å²) in [4.78, 5) is 24.2. The van der Waals surface area contributed by atoms with E-state index in [2.05, 4.69) is 0 Å². The molecular weight excluding hydrogens is 319 g/mol. The molecule has 0 saturated heterocycles. The van der Waals surface area contributed by atoms with Crippen LogP contribution in [0.4, 0.5) is 0 Å². The summed E-state index contributed by atoms with van der Waals surface area (Å²) in [5, 5.41) is 1.10. The maximum Gasteiger partial charge on any atom is 0.330 e. The third-order valence-electron chi connectivity index (χ3n) is 2.91. The minimum atomic E-state index is -0.349. The molecule has 1 heterocycles. The Morgan fingerprint density at radius 3 is 2.30 bits per heavy atom. The van der Waals surface area contributed by atoms with Crippen LogP contribution in [0.25, 0.3) is 0 Å². The highest BCUT2D eigenvalue weighted by Gasteiger charge is 2.10. The summed E-state index contributed by atoms with van der Waals surface area (Å²) in [6.07, 6.45) is 0. The van der Waals surface area contributed by atoms with E-state index in [9.17, 15) is 9.59 Å². The van der Waals surface area contributed by atoms with Gasteiger partial charge in [-0.1, -0.05) is 29.3 Å². The molecule has 1 aromatic carbocycles. The van der Waals surface area contributed by atoms with Gasteiger partial charge in [0.15, 0.2) is 0 Å². The van der Waals surface area contributed by atoms with E-state index in [1.807, 2.05) is 0 Å². The lowest BCUT2D eigenvalue weighted by atomic mass is 10.4. The second kappa shape index (κ2) is 6.08. The SMILES string of the molecule is Cn1c(CSc2c(Cl)cccc2Cl)cc(=O)n(C)c1=O. The predicted octanol–water partition coefficient (Wildman–Crippen LogP) is 2.68. The normalized spacial score (nSPS) is 10.8. The first-order valence-electron chi connectivity index (χ1n) is 5.74. The van der Waals surface area contributed by atoms with Crippen molar-refractivity contribution in [2.45, 2.75) is 10.6 Å². The molecule has 4 nitrogen and oxygen atoms in total. The third-order valence-corrected chi connectivity index (χ3v) is 4.93. The van der Waals surface area contributed by atoms with Gasteiger partial charge in [0.1, 0.15) is 0 Å². The van der Waals surface area contributed by atoms with Crippen LogP contribution in [0.3, 0.4) is 0 Å². The van der Waals surface area contributed by atoms with Crippen LogP contribution in [0.5, 0.6) is 0 Å². The van der Waals surface area contributed by atoms with Crippen LogP contribution in [-0.2, 0) is 19.8 Å². The molecule has 0 atom stereocenters. The molecule has 2 rings (SSSR count). The molecular formula is C13H12Cl2N2O2S. The minimum Gasteiger partial charge on any atom is -0.300 e. The highest BCUT2D eigenvalue weighted by molar-refractivity contribution is 7.98. The van der Waals surface area contributed by atoms with Crippen LogP contribution >= 0.6 is 35.0 Å². The number of thioether (sulfide) groups is 1. The summed E-state index contributed by atoms with van der Waals surface area (Å²) < 4.78 is 2.51. The maximum atomic E-state index is 11.8. The van der Waals surface area contributed by atoms with Crippen LogP contribution in [0.2, 0.25) is 10.0 Å². The summed E-state index contributed by atoms with van der Waals surface area (Å²) in [6.45, 7) is 0. The van der Waals surface area contributed by atoms with Gasteiger partial charge in [-0.25, -0.2) is 4.79 Å². The Kier molecular flexibility index (Phi) is 4.62. The van der Waals surface area contributed by atoms with Crippen LogP contribution < -0.4 is 11.2 Å². The van der Waals surface area contributed by atoms with E-state index < -0.39 is 0 Å². The Labute approximate surface area is 129 Å². The largest absolute Gasteiger partial charge is 0.330 e. The monoisotopic (exact) mass is 330 g/mol. The fourth-order valence-electron chi connectivity index (χ4n) is 1.68. The molecule has 0 saturated carbocycles. The van der Waals surface area contributed by atoms with Gasteiger partial charge >= 0.3 is 5.69 Å². The smallest absolute Gasteiger partial charge is 0.300 e. The average Bonchev–Trinajstić information content (AvgIpc) is 2.41. The van der Waals surface area contributed by atoms with Gasteiger partial charge in [0, 0.05) is 36.5 Å². The quantitative estimate of drug-likeness (QED) is 0.813. The van der Waals surface area contributed by atoms with Gasteiger partial charge in [-0.15, -0.1) is 11.8 Å². The van der Waals surface area contributed by atoms with Crippen molar-refractivity contribution >= 4 is 35.0 Å². The molecule has 106 valence electrons. The molecule has 0 radical (unpaired) electrons. The van der Waals surface area contributed by atoms with E-state index in [0.717, 1.165) is 9.46 Å². The summed E-state index contributed by atoms with van der Waals surface area (Å²) in [6, 6.07) is 6.71. The molecule has 0 N–H and O–H groups in total. The summed E-state index contributed by atoms with van der Waals surface area (Å²) in [7, 11) is 3.08. The first-order valence-corrected chi connectivity index (χ1v) is 7.48. The van der Waals surface area contributed by atoms with Crippen LogP contribution in [0.15, 0.2) is 38.8 Å². The van der Waals surface area contributed by atoms with Gasteiger partial charge in [0.25, 0.3) is 5.56 Å². The van der Waals surface area contributed by atoms with Crippen LogP contribution in [0.1, 0.15) is 5.69 Å². The molecule has 0 bridgehead atoms.